The van der Waals surface area contributed by atoms with Gasteiger partial charge >= 0.3 is 23.9 Å². The van der Waals surface area contributed by atoms with E-state index in [1.165, 1.54) is 24.3 Å². The Morgan fingerprint density at radius 3 is 1.50 bits per heavy atom. The number of benzene rings is 1. The van der Waals surface area contributed by atoms with Crippen LogP contribution in [0.1, 0.15) is 33.6 Å². The highest BCUT2D eigenvalue weighted by Crippen LogP contribution is 2.09. The minimum Gasteiger partial charge on any atom is -0.462 e. The van der Waals surface area contributed by atoms with Crippen molar-refractivity contribution in [2.24, 2.45) is 0 Å². The van der Waals surface area contributed by atoms with Crippen LogP contribution in [-0.4, -0.2) is 50.3 Å². The fraction of sp³-hybridized carbons (Fsp3) is 0.300. The maximum absolute atomic E-state index is 12.0. The van der Waals surface area contributed by atoms with Gasteiger partial charge in [-0.2, -0.15) is 0 Å². The lowest BCUT2D eigenvalue weighted by atomic mass is 10.1. The quantitative estimate of drug-likeness (QED) is 0.232. The van der Waals surface area contributed by atoms with Crippen molar-refractivity contribution in [1.29, 1.82) is 0 Å². The summed E-state index contributed by atoms with van der Waals surface area (Å²) in [6.07, 6.45) is 2.77. The molecule has 0 radical (unpaired) electrons. The normalized spacial score (nSPS) is 9.71. The van der Waals surface area contributed by atoms with Crippen molar-refractivity contribution in [2.75, 3.05) is 26.4 Å². The fourth-order valence-corrected chi connectivity index (χ4v) is 1.85. The molecule has 0 atom stereocenters. The Kier molecular flexibility index (Phi) is 10.4. The summed E-state index contributed by atoms with van der Waals surface area (Å²) in [4.78, 5) is 45.8. The minimum absolute atomic E-state index is 0.0569. The summed E-state index contributed by atoms with van der Waals surface area (Å²) in [5.74, 6) is -2.31. The first-order valence-corrected chi connectivity index (χ1v) is 8.50. The number of hydrogen-bond acceptors (Lipinski definition) is 8. The third kappa shape index (κ3) is 8.79. The largest absolute Gasteiger partial charge is 0.462 e. The van der Waals surface area contributed by atoms with E-state index in [9.17, 15) is 19.2 Å². The van der Waals surface area contributed by atoms with E-state index in [-0.39, 0.29) is 37.6 Å². The highest BCUT2D eigenvalue weighted by Gasteiger charge is 2.12. The predicted octanol–water partition coefficient (Wildman–Crippen LogP) is 2.24. The van der Waals surface area contributed by atoms with Gasteiger partial charge in [0.15, 0.2) is 0 Å². The average Bonchev–Trinajstić information content (AvgIpc) is 2.72. The third-order valence-corrected chi connectivity index (χ3v) is 3.20. The van der Waals surface area contributed by atoms with Crippen LogP contribution in [0.5, 0.6) is 0 Å². The summed E-state index contributed by atoms with van der Waals surface area (Å²) in [6.45, 7) is 6.86. The molecule has 0 heterocycles. The molecule has 8 heteroatoms. The van der Waals surface area contributed by atoms with Crippen LogP contribution in [0.4, 0.5) is 0 Å². The second-order valence-corrected chi connectivity index (χ2v) is 5.30. The number of esters is 4. The summed E-state index contributed by atoms with van der Waals surface area (Å²) in [6, 6.07) is 5.90. The molecule has 1 aromatic carbocycles. The van der Waals surface area contributed by atoms with E-state index >= 15 is 0 Å². The van der Waals surface area contributed by atoms with Gasteiger partial charge in [0.1, 0.15) is 0 Å². The number of hydrogen-bond donors (Lipinski definition) is 0. The fourth-order valence-electron chi connectivity index (χ4n) is 1.85. The van der Waals surface area contributed by atoms with Gasteiger partial charge in [-0.15, -0.1) is 0 Å². The molecule has 0 N–H and O–H groups in total. The molecule has 0 bridgehead atoms. The summed E-state index contributed by atoms with van der Waals surface area (Å²) in [7, 11) is 0. The molecular formula is C20H22O8. The van der Waals surface area contributed by atoms with Gasteiger partial charge in [-0.25, -0.2) is 19.2 Å². The number of rotatable bonds is 12. The van der Waals surface area contributed by atoms with E-state index in [4.69, 9.17) is 18.9 Å². The zero-order valence-electron chi connectivity index (χ0n) is 15.4. The molecule has 28 heavy (non-hydrogen) atoms. The highest BCUT2D eigenvalue weighted by molar-refractivity contribution is 5.95. The Hall–Kier alpha value is -3.42. The van der Waals surface area contributed by atoms with Crippen LogP contribution < -0.4 is 0 Å². The molecule has 0 aliphatic rings. The van der Waals surface area contributed by atoms with Crippen molar-refractivity contribution in [3.63, 3.8) is 0 Å². The second-order valence-electron chi connectivity index (χ2n) is 5.30. The van der Waals surface area contributed by atoms with E-state index < -0.39 is 23.9 Å². The molecule has 0 saturated heterocycles. The van der Waals surface area contributed by atoms with Crippen molar-refractivity contribution in [3.05, 3.63) is 60.7 Å². The van der Waals surface area contributed by atoms with Gasteiger partial charge in [0.05, 0.1) is 37.6 Å². The van der Waals surface area contributed by atoms with Gasteiger partial charge in [-0.05, 0) is 18.2 Å². The van der Waals surface area contributed by atoms with Crippen molar-refractivity contribution in [1.82, 2.24) is 0 Å². The lowest BCUT2D eigenvalue weighted by Crippen LogP contribution is -2.12. The van der Waals surface area contributed by atoms with Gasteiger partial charge in [0.2, 0.25) is 0 Å². The average molecular weight is 390 g/mol. The van der Waals surface area contributed by atoms with Gasteiger partial charge in [-0.1, -0.05) is 19.2 Å². The molecule has 1 aromatic rings. The van der Waals surface area contributed by atoms with Crippen molar-refractivity contribution in [2.45, 2.75) is 12.8 Å². The maximum atomic E-state index is 12.0. The molecule has 0 amide bonds. The van der Waals surface area contributed by atoms with Crippen LogP contribution >= 0.6 is 0 Å². The molecule has 1 rings (SSSR count). The van der Waals surface area contributed by atoms with Gasteiger partial charge in [0.25, 0.3) is 0 Å². The topological polar surface area (TPSA) is 105 Å². The second kappa shape index (κ2) is 12.9. The molecule has 8 nitrogen and oxygen atoms in total. The zero-order chi connectivity index (χ0) is 20.8. The van der Waals surface area contributed by atoms with Crippen molar-refractivity contribution >= 4 is 23.9 Å². The van der Waals surface area contributed by atoms with Crippen LogP contribution in [0.25, 0.3) is 0 Å². The number of carbonyl (C=O) groups excluding carboxylic acids is 4. The van der Waals surface area contributed by atoms with Crippen molar-refractivity contribution in [3.8, 4) is 0 Å². The predicted molar refractivity (Wildman–Crippen MR) is 98.6 cm³/mol. The molecule has 0 aliphatic carbocycles. The van der Waals surface area contributed by atoms with Crippen LogP contribution in [-0.2, 0) is 28.5 Å². The van der Waals surface area contributed by atoms with Crippen LogP contribution in [0.2, 0.25) is 0 Å². The smallest absolute Gasteiger partial charge is 0.338 e. The molecule has 0 fully saturated rings. The summed E-state index contributed by atoms with van der Waals surface area (Å²) >= 11 is 0. The van der Waals surface area contributed by atoms with Crippen LogP contribution in [0, 0.1) is 0 Å². The first-order chi connectivity index (χ1) is 13.5. The molecule has 150 valence electrons. The zero-order valence-corrected chi connectivity index (χ0v) is 15.4. The van der Waals surface area contributed by atoms with Crippen molar-refractivity contribution < 1.29 is 38.1 Å². The Labute approximate surface area is 162 Å². The maximum Gasteiger partial charge on any atom is 0.338 e. The lowest BCUT2D eigenvalue weighted by Gasteiger charge is -2.08. The Morgan fingerprint density at radius 2 is 1.11 bits per heavy atom. The molecule has 0 aromatic heterocycles. The lowest BCUT2D eigenvalue weighted by molar-refractivity contribution is -0.138. The SMILES string of the molecule is C=CC(=O)OCCCOC(=O)c1cccc(C(=O)OCCCOC(=O)C=C)c1. The van der Waals surface area contributed by atoms with E-state index in [0.717, 1.165) is 12.2 Å². The first-order valence-electron chi connectivity index (χ1n) is 8.50. The summed E-state index contributed by atoms with van der Waals surface area (Å²) in [5, 5.41) is 0. The van der Waals surface area contributed by atoms with Gasteiger partial charge < -0.3 is 18.9 Å². The van der Waals surface area contributed by atoms with E-state index in [1.54, 1.807) is 0 Å². The van der Waals surface area contributed by atoms with E-state index in [2.05, 4.69) is 13.2 Å². The molecule has 0 aliphatic heterocycles. The van der Waals surface area contributed by atoms with Crippen LogP contribution in [0.15, 0.2) is 49.6 Å². The number of carbonyl (C=O) groups is 4. The highest BCUT2D eigenvalue weighted by atomic mass is 16.6. The summed E-state index contributed by atoms with van der Waals surface area (Å²) < 4.78 is 19.6. The molecule has 0 spiro atoms. The monoisotopic (exact) mass is 390 g/mol. The van der Waals surface area contributed by atoms with E-state index in [1.807, 2.05) is 0 Å². The van der Waals surface area contributed by atoms with Gasteiger partial charge in [-0.3, -0.25) is 0 Å². The van der Waals surface area contributed by atoms with E-state index in [0.29, 0.717) is 12.8 Å². The van der Waals surface area contributed by atoms with Gasteiger partial charge in [0, 0.05) is 25.0 Å². The Bertz CT molecular complexity index is 665. The first kappa shape index (κ1) is 22.6. The molecule has 0 unspecified atom stereocenters. The summed E-state index contributed by atoms with van der Waals surface area (Å²) in [5.41, 5.74) is 0.384. The Balaban J connectivity index is 2.38. The standard InChI is InChI=1S/C20H22O8/c1-3-17(21)25-10-6-12-27-19(23)15-8-5-9-16(14-15)20(24)28-13-7-11-26-18(22)4-2/h3-5,8-9,14H,1-2,6-7,10-13H2. The molecular weight excluding hydrogens is 368 g/mol. The molecule has 0 saturated carbocycles. The Morgan fingerprint density at radius 1 is 0.714 bits per heavy atom. The third-order valence-electron chi connectivity index (χ3n) is 3.20. The number of ether oxygens (including phenoxy) is 4. The van der Waals surface area contributed by atoms with Crippen LogP contribution in [0.3, 0.4) is 0 Å². The minimum atomic E-state index is -0.610.